The number of nitrogens with one attached hydrogen (secondary N) is 1. The van der Waals surface area contributed by atoms with Gasteiger partial charge in [-0.05, 0) is 62.3 Å². The third-order valence-electron chi connectivity index (χ3n) is 8.36. The van der Waals surface area contributed by atoms with Crippen LogP contribution in [0.3, 0.4) is 0 Å². The van der Waals surface area contributed by atoms with Crippen molar-refractivity contribution in [3.63, 3.8) is 0 Å². The summed E-state index contributed by atoms with van der Waals surface area (Å²) in [6.07, 6.45) is 4.92. The van der Waals surface area contributed by atoms with Crippen molar-refractivity contribution >= 4 is 22.4 Å². The molecule has 0 unspecified atom stereocenters. The molecule has 3 atom stereocenters. The molecule has 4 bridgehead atoms. The lowest BCUT2D eigenvalue weighted by Crippen LogP contribution is -2.46. The maximum Gasteiger partial charge on any atom is 0.330 e. The van der Waals surface area contributed by atoms with Crippen molar-refractivity contribution in [3.8, 4) is 11.5 Å². The third kappa shape index (κ3) is 6.78. The first-order valence-electron chi connectivity index (χ1n) is 14.2. The van der Waals surface area contributed by atoms with Crippen LogP contribution < -0.4 is 26.0 Å². The molecule has 15 heteroatoms. The van der Waals surface area contributed by atoms with Crippen LogP contribution in [-0.2, 0) is 33.7 Å². The number of carbonyl (C=O) groups is 2. The summed E-state index contributed by atoms with van der Waals surface area (Å²) in [5, 5.41) is 9.86. The Kier molecular flexibility index (Phi) is 10.3. The molecule has 2 fully saturated rings. The monoisotopic (exact) mass is 621 g/mol. The minimum atomic E-state index is -4.37. The Morgan fingerprint density at radius 3 is 2.58 bits per heavy atom. The predicted molar refractivity (Wildman–Crippen MR) is 156 cm³/mol. The summed E-state index contributed by atoms with van der Waals surface area (Å²) in [5.74, 6) is 1.09. The number of ether oxygens (including phenoxy) is 2. The number of rotatable bonds is 3. The van der Waals surface area contributed by atoms with Crippen LogP contribution in [0, 0.1) is 5.92 Å². The summed E-state index contributed by atoms with van der Waals surface area (Å²) in [7, 11) is -0.165. The van der Waals surface area contributed by atoms with E-state index in [1.807, 2.05) is 12.1 Å². The molecule has 2 aromatic rings. The standard InChI is InChI=1S/C27H37N5O7S.CH2O2/c1-29-16-24(26(34)30(2)27(29)35)40(36,37)31-10-4-5-12-39-23-14-18(8-9-22(23)38-3)21-13-19(15-28-25(33)17-31)20-7-6-11-32(20)21;2-1-3/h8-9,14,16,19-21H,4-7,10-13,15,17H2,1-3H3,(H,28,33);1H,(H,2,3)/t19-,20+,21-;/m1./s1. The Bertz CT molecular complexity index is 1550. The predicted octanol–water partition coefficient (Wildman–Crippen LogP) is 0.299. The summed E-state index contributed by atoms with van der Waals surface area (Å²) < 4.78 is 41.7. The van der Waals surface area contributed by atoms with Crippen molar-refractivity contribution in [3.05, 3.63) is 50.8 Å². The number of carboxylic acid groups (broad SMARTS) is 1. The number of carbonyl (C=O) groups excluding carboxylic acids is 1. The zero-order valence-corrected chi connectivity index (χ0v) is 25.4. The minimum absolute atomic E-state index is 0.00416. The van der Waals surface area contributed by atoms with Gasteiger partial charge in [0.15, 0.2) is 16.4 Å². The Balaban J connectivity index is 0.00000135. The highest BCUT2D eigenvalue weighted by Crippen LogP contribution is 2.46. The van der Waals surface area contributed by atoms with Gasteiger partial charge in [-0.1, -0.05) is 6.07 Å². The van der Waals surface area contributed by atoms with E-state index in [1.165, 1.54) is 19.7 Å². The van der Waals surface area contributed by atoms with Gasteiger partial charge < -0.3 is 24.5 Å². The first-order valence-corrected chi connectivity index (χ1v) is 15.6. The van der Waals surface area contributed by atoms with Gasteiger partial charge >= 0.3 is 5.69 Å². The molecule has 1 aromatic carbocycles. The molecule has 0 radical (unpaired) electrons. The number of methoxy groups -OCH3 is 1. The van der Waals surface area contributed by atoms with Crippen LogP contribution in [-0.4, -0.2) is 90.2 Å². The molecule has 236 valence electrons. The van der Waals surface area contributed by atoms with Crippen molar-refractivity contribution in [2.45, 2.75) is 49.1 Å². The largest absolute Gasteiger partial charge is 0.493 e. The van der Waals surface area contributed by atoms with Crippen molar-refractivity contribution in [2.24, 2.45) is 20.0 Å². The lowest BCUT2D eigenvalue weighted by atomic mass is 9.94. The topological polar surface area (TPSA) is 169 Å². The van der Waals surface area contributed by atoms with E-state index >= 15 is 0 Å². The van der Waals surface area contributed by atoms with Crippen molar-refractivity contribution < 1.29 is 32.6 Å². The Morgan fingerprint density at radius 1 is 1.12 bits per heavy atom. The Hall–Kier alpha value is -3.69. The number of hydrogen-bond donors (Lipinski definition) is 2. The molecule has 3 aliphatic rings. The highest BCUT2D eigenvalue weighted by atomic mass is 32.2. The second kappa shape index (κ2) is 13.7. The maximum atomic E-state index is 13.7. The van der Waals surface area contributed by atoms with Crippen molar-refractivity contribution in [2.75, 3.05) is 39.9 Å². The Labute approximate surface area is 249 Å². The summed E-state index contributed by atoms with van der Waals surface area (Å²) in [6.45, 7) is 1.08. The summed E-state index contributed by atoms with van der Waals surface area (Å²) >= 11 is 0. The van der Waals surface area contributed by atoms with E-state index in [9.17, 15) is 22.8 Å². The molecule has 3 aliphatic heterocycles. The summed E-state index contributed by atoms with van der Waals surface area (Å²) in [4.78, 5) is 48.4. The molecular weight excluding hydrogens is 582 g/mol. The lowest BCUT2D eigenvalue weighted by molar-refractivity contribution is -0.123. The quantitative estimate of drug-likeness (QED) is 0.455. The highest BCUT2D eigenvalue weighted by Gasteiger charge is 2.44. The van der Waals surface area contributed by atoms with Crippen LogP contribution in [0.4, 0.5) is 0 Å². The number of aryl methyl sites for hydroxylation is 1. The van der Waals surface area contributed by atoms with Gasteiger partial charge in [0.05, 0.1) is 20.3 Å². The number of hydrogen-bond acceptors (Lipinski definition) is 9. The number of benzene rings is 1. The minimum Gasteiger partial charge on any atom is -0.493 e. The smallest absolute Gasteiger partial charge is 0.330 e. The van der Waals surface area contributed by atoms with Crippen LogP contribution in [0.5, 0.6) is 11.5 Å². The fraction of sp³-hybridized carbons (Fsp3) is 0.571. The molecule has 0 aliphatic carbocycles. The van der Waals surface area contributed by atoms with Gasteiger partial charge in [0.2, 0.25) is 5.91 Å². The SMILES string of the molecule is COc1ccc2cc1OCCCCN(S(=O)(=O)c1cn(C)c(=O)n(C)c1=O)CC(=O)NC[C@H]1C[C@H]2N2CCC[C@@H]12.O=CO. The highest BCUT2D eigenvalue weighted by molar-refractivity contribution is 7.89. The number of sulfonamides is 1. The van der Waals surface area contributed by atoms with Crippen LogP contribution in [0.2, 0.25) is 0 Å². The fourth-order valence-corrected chi connectivity index (χ4v) is 7.84. The average molecular weight is 622 g/mol. The van der Waals surface area contributed by atoms with Crippen LogP contribution in [0.15, 0.2) is 38.9 Å². The lowest BCUT2D eigenvalue weighted by Gasteiger charge is -2.25. The van der Waals surface area contributed by atoms with Crippen LogP contribution in [0.1, 0.15) is 43.7 Å². The number of amides is 1. The van der Waals surface area contributed by atoms with E-state index in [2.05, 4.69) is 16.3 Å². The van der Waals surface area contributed by atoms with E-state index in [0.717, 1.165) is 45.4 Å². The van der Waals surface area contributed by atoms with Crippen molar-refractivity contribution in [1.29, 1.82) is 0 Å². The Morgan fingerprint density at radius 2 is 1.86 bits per heavy atom. The molecule has 4 heterocycles. The summed E-state index contributed by atoms with van der Waals surface area (Å²) in [5.41, 5.74) is -0.397. The van der Waals surface area contributed by atoms with E-state index in [4.69, 9.17) is 19.4 Å². The van der Waals surface area contributed by atoms with E-state index in [-0.39, 0.29) is 25.0 Å². The van der Waals surface area contributed by atoms with Crippen LogP contribution >= 0.6 is 0 Å². The number of aromatic nitrogens is 2. The molecule has 2 saturated heterocycles. The van der Waals surface area contributed by atoms with Gasteiger partial charge in [-0.25, -0.2) is 13.2 Å². The molecule has 0 spiro atoms. The molecule has 1 amide bonds. The number of fused-ring (bicyclic) bond motifs is 8. The third-order valence-corrected chi connectivity index (χ3v) is 10.2. The summed E-state index contributed by atoms with van der Waals surface area (Å²) in [6, 6.07) is 6.59. The first kappa shape index (κ1) is 32.2. The molecule has 0 saturated carbocycles. The fourth-order valence-electron chi connectivity index (χ4n) is 6.26. The first-order chi connectivity index (χ1) is 20.5. The molecule has 14 nitrogen and oxygen atoms in total. The molecule has 2 N–H and O–H groups in total. The van der Waals surface area contributed by atoms with Gasteiger partial charge in [0.1, 0.15) is 0 Å². The second-order valence-electron chi connectivity index (χ2n) is 10.9. The van der Waals surface area contributed by atoms with Gasteiger partial charge in [-0.3, -0.25) is 23.9 Å². The molecule has 43 heavy (non-hydrogen) atoms. The van der Waals surface area contributed by atoms with Crippen LogP contribution in [0.25, 0.3) is 0 Å². The zero-order chi connectivity index (χ0) is 31.3. The average Bonchev–Trinajstić information content (AvgIpc) is 3.59. The second-order valence-corrected chi connectivity index (χ2v) is 12.8. The van der Waals surface area contributed by atoms with Gasteiger partial charge in [-0.15, -0.1) is 0 Å². The van der Waals surface area contributed by atoms with E-state index in [1.54, 1.807) is 7.11 Å². The zero-order valence-electron chi connectivity index (χ0n) is 24.6. The van der Waals surface area contributed by atoms with Crippen molar-refractivity contribution in [1.82, 2.24) is 23.7 Å². The van der Waals surface area contributed by atoms with E-state index in [0.29, 0.717) is 43.5 Å². The maximum absolute atomic E-state index is 13.7. The normalized spacial score (nSPS) is 23.3. The van der Waals surface area contributed by atoms with Gasteiger partial charge in [0, 0.05) is 45.5 Å². The molecular formula is C28H39N5O9S. The van der Waals surface area contributed by atoms with E-state index < -0.39 is 38.6 Å². The molecule has 5 rings (SSSR count). The van der Waals surface area contributed by atoms with Gasteiger partial charge in [-0.2, -0.15) is 4.31 Å². The van der Waals surface area contributed by atoms with Gasteiger partial charge in [0.25, 0.3) is 22.1 Å². The molecule has 1 aromatic heterocycles. The number of nitrogens with zero attached hydrogens (tertiary/aromatic N) is 4.